The number of sulfonamides is 1. The van der Waals surface area contributed by atoms with E-state index in [-0.39, 0.29) is 16.5 Å². The van der Waals surface area contributed by atoms with Crippen molar-refractivity contribution in [3.8, 4) is 0 Å². The topological polar surface area (TPSA) is 88.2 Å². The molecule has 2 aromatic carbocycles. The van der Waals surface area contributed by atoms with Crippen molar-refractivity contribution in [1.29, 1.82) is 0 Å². The van der Waals surface area contributed by atoms with E-state index in [2.05, 4.69) is 15.0 Å². The van der Waals surface area contributed by atoms with Crippen LogP contribution in [0.2, 0.25) is 5.02 Å². The highest BCUT2D eigenvalue weighted by molar-refractivity contribution is 7.92. The average Bonchev–Trinajstić information content (AvgIpc) is 2.68. The van der Waals surface area contributed by atoms with Crippen LogP contribution in [0.4, 0.5) is 5.69 Å². The van der Waals surface area contributed by atoms with E-state index in [1.807, 2.05) is 13.0 Å². The molecule has 0 spiro atoms. The molecular weight excluding hydrogens is 398 g/mol. The molecule has 3 aromatic rings. The van der Waals surface area contributed by atoms with Gasteiger partial charge in [0.2, 0.25) is 0 Å². The normalized spacial score (nSPS) is 12.2. The van der Waals surface area contributed by atoms with Crippen LogP contribution >= 0.6 is 11.6 Å². The van der Waals surface area contributed by atoms with Crippen LogP contribution in [0.1, 0.15) is 29.0 Å². The van der Waals surface area contributed by atoms with Gasteiger partial charge in [-0.1, -0.05) is 29.8 Å². The maximum absolute atomic E-state index is 12.6. The molecule has 0 bridgehead atoms. The van der Waals surface area contributed by atoms with E-state index < -0.39 is 15.9 Å². The number of halogens is 1. The van der Waals surface area contributed by atoms with E-state index in [9.17, 15) is 13.2 Å². The highest BCUT2D eigenvalue weighted by Gasteiger charge is 2.18. The summed E-state index contributed by atoms with van der Waals surface area (Å²) in [6.07, 6.45) is 1.65. The quantitative estimate of drug-likeness (QED) is 0.636. The van der Waals surface area contributed by atoms with E-state index in [1.165, 1.54) is 24.3 Å². The van der Waals surface area contributed by atoms with Crippen LogP contribution in [0.3, 0.4) is 0 Å². The molecule has 0 radical (unpaired) electrons. The molecular formula is C20H18ClN3O3S. The Hall–Kier alpha value is -2.90. The van der Waals surface area contributed by atoms with Crippen LogP contribution in [0.5, 0.6) is 0 Å². The van der Waals surface area contributed by atoms with Crippen molar-refractivity contribution in [1.82, 2.24) is 10.3 Å². The van der Waals surface area contributed by atoms with Gasteiger partial charge in [-0.2, -0.15) is 0 Å². The minimum atomic E-state index is -3.87. The van der Waals surface area contributed by atoms with Crippen LogP contribution in [0.25, 0.3) is 0 Å². The highest BCUT2D eigenvalue weighted by Crippen LogP contribution is 2.20. The minimum absolute atomic E-state index is 0.0226. The summed E-state index contributed by atoms with van der Waals surface area (Å²) >= 11 is 5.89. The molecule has 0 saturated heterocycles. The van der Waals surface area contributed by atoms with E-state index in [4.69, 9.17) is 11.6 Å². The summed E-state index contributed by atoms with van der Waals surface area (Å²) in [7, 11) is -3.87. The van der Waals surface area contributed by atoms with E-state index in [0.29, 0.717) is 16.4 Å². The van der Waals surface area contributed by atoms with Crippen LogP contribution in [-0.2, 0) is 10.0 Å². The van der Waals surface area contributed by atoms with E-state index >= 15 is 0 Å². The summed E-state index contributed by atoms with van der Waals surface area (Å²) in [5, 5.41) is 3.23. The van der Waals surface area contributed by atoms with Gasteiger partial charge in [0.1, 0.15) is 0 Å². The molecule has 28 heavy (non-hydrogen) atoms. The van der Waals surface area contributed by atoms with Crippen molar-refractivity contribution in [3.63, 3.8) is 0 Å². The van der Waals surface area contributed by atoms with E-state index in [1.54, 1.807) is 42.6 Å². The standard InChI is InChI=1S/C20H18ClN3O3S/c1-14(19-10-2-3-11-22-19)23-20(25)15-6-4-9-18(12-15)28(26,27)24-17-8-5-7-16(21)13-17/h2-14,24H,1H3,(H,23,25). The molecule has 8 heteroatoms. The monoisotopic (exact) mass is 415 g/mol. The lowest BCUT2D eigenvalue weighted by Gasteiger charge is -2.14. The first-order valence-electron chi connectivity index (χ1n) is 8.45. The van der Waals surface area contributed by atoms with Gasteiger partial charge in [0.25, 0.3) is 15.9 Å². The fourth-order valence-corrected chi connectivity index (χ4v) is 3.84. The zero-order valence-corrected chi connectivity index (χ0v) is 16.5. The smallest absolute Gasteiger partial charge is 0.261 e. The number of rotatable bonds is 6. The second-order valence-corrected chi connectivity index (χ2v) is 8.21. The molecule has 2 N–H and O–H groups in total. The Balaban J connectivity index is 1.78. The van der Waals surface area contributed by atoms with Crippen molar-refractivity contribution in [3.05, 3.63) is 89.2 Å². The zero-order chi connectivity index (χ0) is 20.1. The van der Waals surface area contributed by atoms with Gasteiger partial charge in [-0.25, -0.2) is 8.42 Å². The second-order valence-electron chi connectivity index (χ2n) is 6.09. The SMILES string of the molecule is CC(NC(=O)c1cccc(S(=O)(=O)Nc2cccc(Cl)c2)c1)c1ccccn1. The number of nitrogens with zero attached hydrogens (tertiary/aromatic N) is 1. The lowest BCUT2D eigenvalue weighted by molar-refractivity contribution is 0.0939. The molecule has 6 nitrogen and oxygen atoms in total. The zero-order valence-electron chi connectivity index (χ0n) is 15.0. The van der Waals surface area contributed by atoms with Gasteiger partial charge < -0.3 is 5.32 Å². The summed E-state index contributed by atoms with van der Waals surface area (Å²) in [5.74, 6) is -0.391. The van der Waals surface area contributed by atoms with Crippen molar-refractivity contribution >= 4 is 33.2 Å². The molecule has 0 aliphatic carbocycles. The molecule has 0 saturated carbocycles. The van der Waals surface area contributed by atoms with Crippen LogP contribution in [-0.4, -0.2) is 19.3 Å². The number of carbonyl (C=O) groups excluding carboxylic acids is 1. The molecule has 1 unspecified atom stereocenters. The Morgan fingerprint density at radius 3 is 2.54 bits per heavy atom. The number of benzene rings is 2. The maximum Gasteiger partial charge on any atom is 0.261 e. The number of aromatic nitrogens is 1. The van der Waals surface area contributed by atoms with Crippen molar-refractivity contribution in [2.75, 3.05) is 4.72 Å². The number of pyridine rings is 1. The lowest BCUT2D eigenvalue weighted by Crippen LogP contribution is -2.27. The van der Waals surface area contributed by atoms with Gasteiger partial charge in [-0.3, -0.25) is 14.5 Å². The van der Waals surface area contributed by atoms with Gasteiger partial charge in [0.15, 0.2) is 0 Å². The van der Waals surface area contributed by atoms with Gasteiger partial charge in [0.05, 0.1) is 22.3 Å². The molecule has 144 valence electrons. The number of nitrogens with one attached hydrogen (secondary N) is 2. The Labute approximate surface area is 168 Å². The second kappa shape index (κ2) is 8.41. The summed E-state index contributed by atoms with van der Waals surface area (Å²) in [4.78, 5) is 16.7. The van der Waals surface area contributed by atoms with Crippen LogP contribution in [0, 0.1) is 0 Å². The van der Waals surface area contributed by atoms with Crippen molar-refractivity contribution < 1.29 is 13.2 Å². The van der Waals surface area contributed by atoms with Crippen LogP contribution < -0.4 is 10.0 Å². The van der Waals surface area contributed by atoms with Gasteiger partial charge in [-0.05, 0) is 55.5 Å². The largest absolute Gasteiger partial charge is 0.344 e. The van der Waals surface area contributed by atoms with Crippen molar-refractivity contribution in [2.45, 2.75) is 17.9 Å². The fraction of sp³-hybridized carbons (Fsp3) is 0.100. The first-order chi connectivity index (χ1) is 13.3. The number of amides is 1. The predicted molar refractivity (Wildman–Crippen MR) is 109 cm³/mol. The first-order valence-corrected chi connectivity index (χ1v) is 10.3. The molecule has 1 amide bonds. The van der Waals surface area contributed by atoms with Gasteiger partial charge >= 0.3 is 0 Å². The minimum Gasteiger partial charge on any atom is -0.344 e. The number of carbonyl (C=O) groups is 1. The summed E-state index contributed by atoms with van der Waals surface area (Å²) in [6, 6.07) is 17.3. The Bertz CT molecular complexity index is 1090. The third-order valence-corrected chi connectivity index (χ3v) is 5.58. The molecule has 1 heterocycles. The third-order valence-electron chi connectivity index (χ3n) is 3.96. The van der Waals surface area contributed by atoms with Crippen LogP contribution in [0.15, 0.2) is 77.8 Å². The van der Waals surface area contributed by atoms with Gasteiger partial charge in [0, 0.05) is 16.8 Å². The Morgan fingerprint density at radius 2 is 1.82 bits per heavy atom. The molecule has 0 aliphatic rings. The maximum atomic E-state index is 12.6. The Kier molecular flexibility index (Phi) is 5.96. The Morgan fingerprint density at radius 1 is 1.04 bits per heavy atom. The fourth-order valence-electron chi connectivity index (χ4n) is 2.56. The van der Waals surface area contributed by atoms with Crippen molar-refractivity contribution in [2.24, 2.45) is 0 Å². The number of anilines is 1. The number of hydrogen-bond donors (Lipinski definition) is 2. The molecule has 3 rings (SSSR count). The first kappa shape index (κ1) is 19.9. The lowest BCUT2D eigenvalue weighted by atomic mass is 10.1. The number of hydrogen-bond acceptors (Lipinski definition) is 4. The molecule has 0 fully saturated rings. The average molecular weight is 416 g/mol. The van der Waals surface area contributed by atoms with E-state index in [0.717, 1.165) is 0 Å². The summed E-state index contributed by atoms with van der Waals surface area (Å²) in [5.41, 5.74) is 1.28. The highest BCUT2D eigenvalue weighted by atomic mass is 35.5. The molecule has 1 atom stereocenters. The molecule has 1 aromatic heterocycles. The predicted octanol–water partition coefficient (Wildman–Crippen LogP) is 4.03. The summed E-state index contributed by atoms with van der Waals surface area (Å²) < 4.78 is 27.7. The van der Waals surface area contributed by atoms with Gasteiger partial charge in [-0.15, -0.1) is 0 Å². The third kappa shape index (κ3) is 4.88. The molecule has 0 aliphatic heterocycles. The summed E-state index contributed by atoms with van der Waals surface area (Å²) in [6.45, 7) is 1.81.